The van der Waals surface area contributed by atoms with Gasteiger partial charge in [-0.2, -0.15) is 5.10 Å². The topological polar surface area (TPSA) is 64.4 Å². The molecule has 2 aromatic carbocycles. The highest BCUT2D eigenvalue weighted by Crippen LogP contribution is 2.31. The molecule has 0 radical (unpaired) electrons. The number of fused-ring (bicyclic) bond motifs is 1. The predicted octanol–water partition coefficient (Wildman–Crippen LogP) is 3.82. The highest BCUT2D eigenvalue weighted by Gasteiger charge is 2.28. The number of amides is 1. The third-order valence-electron chi connectivity index (χ3n) is 4.93. The number of ether oxygens (including phenoxy) is 1. The summed E-state index contributed by atoms with van der Waals surface area (Å²) in [5, 5.41) is 4.98. The number of anilines is 1. The van der Waals surface area contributed by atoms with Gasteiger partial charge in [-0.05, 0) is 55.3 Å². The van der Waals surface area contributed by atoms with Crippen molar-refractivity contribution >= 4 is 29.2 Å². The molecule has 6 nitrogen and oxygen atoms in total. The highest BCUT2D eigenvalue weighted by atomic mass is 35.5. The minimum Gasteiger partial charge on any atom is -0.465 e. The number of hydrogen-bond acceptors (Lipinski definition) is 4. The lowest BCUT2D eigenvalue weighted by molar-refractivity contribution is 0.0600. The molecule has 0 aliphatic carbocycles. The molecule has 0 N–H and O–H groups in total. The largest absolute Gasteiger partial charge is 0.465 e. The second kappa shape index (κ2) is 7.13. The molecule has 1 aliphatic heterocycles. The second-order valence-corrected chi connectivity index (χ2v) is 7.01. The van der Waals surface area contributed by atoms with Gasteiger partial charge in [0.25, 0.3) is 5.91 Å². The third kappa shape index (κ3) is 3.05. The van der Waals surface area contributed by atoms with Crippen molar-refractivity contribution in [3.63, 3.8) is 0 Å². The zero-order chi connectivity index (χ0) is 19.8. The first-order chi connectivity index (χ1) is 13.5. The Morgan fingerprint density at radius 3 is 2.75 bits per heavy atom. The van der Waals surface area contributed by atoms with E-state index in [1.807, 2.05) is 19.1 Å². The van der Waals surface area contributed by atoms with E-state index in [2.05, 4.69) is 5.10 Å². The van der Waals surface area contributed by atoms with E-state index in [0.717, 1.165) is 22.6 Å². The summed E-state index contributed by atoms with van der Waals surface area (Å²) in [6.45, 7) is 2.42. The number of esters is 1. The lowest BCUT2D eigenvalue weighted by atomic mass is 10.1. The fraction of sp³-hybridized carbons (Fsp3) is 0.190. The van der Waals surface area contributed by atoms with E-state index in [4.69, 9.17) is 16.3 Å². The summed E-state index contributed by atoms with van der Waals surface area (Å²) in [6.07, 6.45) is 2.27. The number of rotatable bonds is 3. The average Bonchev–Trinajstić information content (AvgIpc) is 3.30. The van der Waals surface area contributed by atoms with Crippen LogP contribution >= 0.6 is 11.6 Å². The Kier molecular flexibility index (Phi) is 4.65. The number of benzene rings is 2. The number of halogens is 1. The van der Waals surface area contributed by atoms with E-state index in [9.17, 15) is 9.59 Å². The maximum absolute atomic E-state index is 13.2. The molecule has 0 unspecified atom stereocenters. The van der Waals surface area contributed by atoms with E-state index in [0.29, 0.717) is 29.1 Å². The van der Waals surface area contributed by atoms with E-state index in [1.54, 1.807) is 46.1 Å². The zero-order valence-corrected chi connectivity index (χ0v) is 16.2. The van der Waals surface area contributed by atoms with Crippen LogP contribution in [-0.4, -0.2) is 35.3 Å². The van der Waals surface area contributed by atoms with Crippen molar-refractivity contribution in [2.24, 2.45) is 0 Å². The first-order valence-corrected chi connectivity index (χ1v) is 9.21. The van der Waals surface area contributed by atoms with Gasteiger partial charge in [0.2, 0.25) is 0 Å². The Hall–Kier alpha value is -3.12. The SMILES string of the molecule is COC(=O)c1ccc2c(c1)CCN2C(=O)c1cnn(-c2cccc(Cl)c2)c1C. The van der Waals surface area contributed by atoms with Gasteiger partial charge < -0.3 is 9.64 Å². The Morgan fingerprint density at radius 1 is 1.18 bits per heavy atom. The van der Waals surface area contributed by atoms with E-state index >= 15 is 0 Å². The maximum atomic E-state index is 13.2. The van der Waals surface area contributed by atoms with E-state index in [-0.39, 0.29) is 11.9 Å². The van der Waals surface area contributed by atoms with Crippen LogP contribution in [-0.2, 0) is 11.2 Å². The third-order valence-corrected chi connectivity index (χ3v) is 5.17. The van der Waals surface area contributed by atoms with Gasteiger partial charge in [-0.3, -0.25) is 4.79 Å². The summed E-state index contributed by atoms with van der Waals surface area (Å²) >= 11 is 6.07. The molecule has 28 heavy (non-hydrogen) atoms. The van der Waals surface area contributed by atoms with Crippen molar-refractivity contribution < 1.29 is 14.3 Å². The molecule has 3 aromatic rings. The van der Waals surface area contributed by atoms with Crippen LogP contribution in [0.4, 0.5) is 5.69 Å². The monoisotopic (exact) mass is 395 g/mol. The fourth-order valence-electron chi connectivity index (χ4n) is 3.49. The Balaban J connectivity index is 1.65. The molecule has 0 atom stereocenters. The van der Waals surface area contributed by atoms with Crippen molar-refractivity contribution in [2.45, 2.75) is 13.3 Å². The van der Waals surface area contributed by atoms with Crippen LogP contribution in [0.1, 0.15) is 32.0 Å². The van der Waals surface area contributed by atoms with Crippen LogP contribution < -0.4 is 4.90 Å². The number of carbonyl (C=O) groups excluding carboxylic acids is 2. The lowest BCUT2D eigenvalue weighted by Crippen LogP contribution is -2.29. The van der Waals surface area contributed by atoms with Gasteiger partial charge in [0.05, 0.1) is 35.8 Å². The summed E-state index contributed by atoms with van der Waals surface area (Å²) < 4.78 is 6.47. The van der Waals surface area contributed by atoms with Crippen molar-refractivity contribution in [3.8, 4) is 5.69 Å². The van der Waals surface area contributed by atoms with Crippen molar-refractivity contribution in [2.75, 3.05) is 18.6 Å². The molecule has 7 heteroatoms. The Bertz CT molecular complexity index is 1090. The molecule has 1 amide bonds. The van der Waals surface area contributed by atoms with Gasteiger partial charge in [0.15, 0.2) is 0 Å². The number of nitrogens with zero attached hydrogens (tertiary/aromatic N) is 3. The minimum absolute atomic E-state index is 0.115. The molecule has 0 spiro atoms. The lowest BCUT2D eigenvalue weighted by Gasteiger charge is -2.17. The molecule has 1 aromatic heterocycles. The molecule has 1 aliphatic rings. The highest BCUT2D eigenvalue weighted by molar-refractivity contribution is 6.30. The molecular formula is C21H18ClN3O3. The van der Waals surface area contributed by atoms with Gasteiger partial charge >= 0.3 is 5.97 Å². The molecule has 0 saturated carbocycles. The standard InChI is InChI=1S/C21H18ClN3O3/c1-13-18(12-23-25(13)17-5-3-4-16(22)11-17)20(26)24-9-8-14-10-15(21(27)28-2)6-7-19(14)24/h3-7,10-12H,8-9H2,1-2H3. The van der Waals surface area contributed by atoms with Crippen LogP contribution in [0.5, 0.6) is 0 Å². The molecule has 0 saturated heterocycles. The summed E-state index contributed by atoms with van der Waals surface area (Å²) in [5.74, 6) is -0.499. The van der Waals surface area contributed by atoms with Gasteiger partial charge in [0, 0.05) is 17.3 Å². The molecular weight excluding hydrogens is 378 g/mol. The van der Waals surface area contributed by atoms with Crippen molar-refractivity contribution in [1.82, 2.24) is 9.78 Å². The van der Waals surface area contributed by atoms with Crippen molar-refractivity contribution in [1.29, 1.82) is 0 Å². The van der Waals surface area contributed by atoms with Gasteiger partial charge in [-0.1, -0.05) is 17.7 Å². The zero-order valence-electron chi connectivity index (χ0n) is 15.5. The summed E-state index contributed by atoms with van der Waals surface area (Å²) in [5.41, 5.74) is 4.33. The predicted molar refractivity (Wildman–Crippen MR) is 106 cm³/mol. The molecule has 0 fully saturated rings. The molecule has 2 heterocycles. The van der Waals surface area contributed by atoms with Crippen LogP contribution in [0.25, 0.3) is 5.69 Å². The number of carbonyl (C=O) groups is 2. The first-order valence-electron chi connectivity index (χ1n) is 8.83. The summed E-state index contributed by atoms with van der Waals surface area (Å²) in [6, 6.07) is 12.6. The first kappa shape index (κ1) is 18.3. The Labute approximate surface area is 167 Å². The normalized spacial score (nSPS) is 12.8. The van der Waals surface area contributed by atoms with Crippen LogP contribution in [0.2, 0.25) is 5.02 Å². The fourth-order valence-corrected chi connectivity index (χ4v) is 3.68. The summed E-state index contributed by atoms with van der Waals surface area (Å²) in [7, 11) is 1.35. The average molecular weight is 396 g/mol. The molecule has 142 valence electrons. The van der Waals surface area contributed by atoms with E-state index in [1.165, 1.54) is 7.11 Å². The smallest absolute Gasteiger partial charge is 0.337 e. The van der Waals surface area contributed by atoms with Gasteiger partial charge in [-0.25, -0.2) is 9.48 Å². The Morgan fingerprint density at radius 2 is 2.00 bits per heavy atom. The maximum Gasteiger partial charge on any atom is 0.337 e. The van der Waals surface area contributed by atoms with Gasteiger partial charge in [0.1, 0.15) is 0 Å². The van der Waals surface area contributed by atoms with E-state index < -0.39 is 0 Å². The minimum atomic E-state index is -0.383. The summed E-state index contributed by atoms with van der Waals surface area (Å²) in [4.78, 5) is 26.6. The number of hydrogen-bond donors (Lipinski definition) is 0. The van der Waals surface area contributed by atoms with Crippen molar-refractivity contribution in [3.05, 3.63) is 76.1 Å². The van der Waals surface area contributed by atoms with Crippen LogP contribution in [0, 0.1) is 6.92 Å². The van der Waals surface area contributed by atoms with Crippen LogP contribution in [0.3, 0.4) is 0 Å². The van der Waals surface area contributed by atoms with Crippen LogP contribution in [0.15, 0.2) is 48.7 Å². The second-order valence-electron chi connectivity index (χ2n) is 6.58. The number of methoxy groups -OCH3 is 1. The molecule has 0 bridgehead atoms. The van der Waals surface area contributed by atoms with Gasteiger partial charge in [-0.15, -0.1) is 0 Å². The number of aromatic nitrogens is 2. The quantitative estimate of drug-likeness (QED) is 0.632. The molecule has 4 rings (SSSR count).